The van der Waals surface area contributed by atoms with Gasteiger partial charge in [-0.3, -0.25) is 0 Å². The fraction of sp³-hybridized carbons (Fsp3) is 0.278. The first kappa shape index (κ1) is 19.0. The second-order valence-electron chi connectivity index (χ2n) is 5.68. The summed E-state index contributed by atoms with van der Waals surface area (Å²) in [5.41, 5.74) is 1.75. The second-order valence-corrected chi connectivity index (χ2v) is 7.24. The third kappa shape index (κ3) is 6.56. The maximum atomic E-state index is 12.3. The predicted octanol–water partition coefficient (Wildman–Crippen LogP) is 3.15. The van der Waals surface area contributed by atoms with Crippen LogP contribution in [-0.4, -0.2) is 31.9 Å². The highest BCUT2D eigenvalue weighted by molar-refractivity contribution is 7.85. The molecule has 0 aliphatic heterocycles. The van der Waals surface area contributed by atoms with Gasteiger partial charge in [0, 0.05) is 0 Å². The highest BCUT2D eigenvalue weighted by Gasteiger charge is 2.27. The largest absolute Gasteiger partial charge is 0.443 e. The summed E-state index contributed by atoms with van der Waals surface area (Å²) in [5.74, 6) is 0. The lowest BCUT2D eigenvalue weighted by atomic mass is 10.1. The Kier molecular flexibility index (Phi) is 6.55. The van der Waals surface area contributed by atoms with Crippen molar-refractivity contribution in [2.24, 2.45) is 0 Å². The molecule has 0 radical (unpaired) electrons. The third-order valence-electron chi connectivity index (χ3n) is 3.38. The number of benzene rings is 2. The molecule has 0 saturated carbocycles. The molecule has 25 heavy (non-hydrogen) atoms. The third-order valence-corrected chi connectivity index (χ3v) is 3.81. The van der Waals surface area contributed by atoms with Crippen LogP contribution in [0.15, 0.2) is 60.7 Å². The maximum Gasteiger partial charge on any atom is 0.435 e. The molecule has 2 rings (SSSR count). The van der Waals surface area contributed by atoms with Gasteiger partial charge in [0.15, 0.2) is 0 Å². The van der Waals surface area contributed by atoms with Gasteiger partial charge in [-0.1, -0.05) is 60.7 Å². The van der Waals surface area contributed by atoms with Gasteiger partial charge < -0.3 is 4.74 Å². The smallest absolute Gasteiger partial charge is 0.435 e. The number of carbonyl (C=O) groups is 1. The number of hydrogen-bond donors (Lipinski definition) is 0. The van der Waals surface area contributed by atoms with Crippen LogP contribution in [0.3, 0.4) is 0 Å². The van der Waals surface area contributed by atoms with Crippen molar-refractivity contribution in [1.29, 1.82) is 0 Å². The normalized spacial score (nSPS) is 12.4. The van der Waals surface area contributed by atoms with Crippen LogP contribution in [0.4, 0.5) is 4.79 Å². The fourth-order valence-corrected chi connectivity index (χ4v) is 2.75. The van der Waals surface area contributed by atoms with Gasteiger partial charge in [-0.2, -0.15) is 13.5 Å². The SMILES string of the molecule is CC(Cc1ccccc1)N(OS(C)(=O)=O)C(=O)OCc1ccccc1. The monoisotopic (exact) mass is 363 g/mol. The van der Waals surface area contributed by atoms with E-state index in [1.807, 2.05) is 60.7 Å². The summed E-state index contributed by atoms with van der Waals surface area (Å²) in [5, 5.41) is 0.769. The molecule has 0 spiro atoms. The van der Waals surface area contributed by atoms with Gasteiger partial charge >= 0.3 is 6.09 Å². The number of hydrogen-bond acceptors (Lipinski definition) is 5. The van der Waals surface area contributed by atoms with Gasteiger partial charge in [-0.15, -0.1) is 4.28 Å². The molecule has 6 nitrogen and oxygen atoms in total. The van der Waals surface area contributed by atoms with Gasteiger partial charge in [0.25, 0.3) is 10.1 Å². The first-order valence-electron chi connectivity index (χ1n) is 7.78. The second kappa shape index (κ2) is 8.64. The number of rotatable bonds is 7. The first-order chi connectivity index (χ1) is 11.8. The van der Waals surface area contributed by atoms with E-state index < -0.39 is 22.3 Å². The Morgan fingerprint density at radius 3 is 2.04 bits per heavy atom. The minimum Gasteiger partial charge on any atom is -0.443 e. The molecule has 7 heteroatoms. The van der Waals surface area contributed by atoms with Gasteiger partial charge in [0.2, 0.25) is 0 Å². The van der Waals surface area contributed by atoms with Crippen molar-refractivity contribution >= 4 is 16.2 Å². The van der Waals surface area contributed by atoms with E-state index in [4.69, 9.17) is 9.02 Å². The van der Waals surface area contributed by atoms with Crippen molar-refractivity contribution in [3.8, 4) is 0 Å². The summed E-state index contributed by atoms with van der Waals surface area (Å²) >= 11 is 0. The van der Waals surface area contributed by atoms with Crippen molar-refractivity contribution in [2.45, 2.75) is 26.0 Å². The molecule has 2 aromatic carbocycles. The molecule has 0 aromatic heterocycles. The van der Waals surface area contributed by atoms with Crippen LogP contribution in [-0.2, 0) is 32.2 Å². The van der Waals surface area contributed by atoms with Crippen LogP contribution in [0.2, 0.25) is 0 Å². The molecule has 0 aliphatic carbocycles. The molecule has 0 N–H and O–H groups in total. The van der Waals surface area contributed by atoms with Gasteiger partial charge in [-0.25, -0.2) is 4.79 Å². The number of amides is 1. The molecular weight excluding hydrogens is 342 g/mol. The molecule has 0 heterocycles. The summed E-state index contributed by atoms with van der Waals surface area (Å²) in [6.45, 7) is 1.73. The molecule has 1 amide bonds. The Morgan fingerprint density at radius 1 is 1.00 bits per heavy atom. The highest BCUT2D eigenvalue weighted by Crippen LogP contribution is 2.14. The van der Waals surface area contributed by atoms with Crippen molar-refractivity contribution in [2.75, 3.05) is 6.26 Å². The van der Waals surface area contributed by atoms with Gasteiger partial charge in [-0.05, 0) is 24.5 Å². The van der Waals surface area contributed by atoms with Crippen molar-refractivity contribution < 1.29 is 22.2 Å². The Bertz CT molecular complexity index is 778. The quantitative estimate of drug-likeness (QED) is 0.707. The van der Waals surface area contributed by atoms with E-state index in [9.17, 15) is 13.2 Å². The lowest BCUT2D eigenvalue weighted by Gasteiger charge is -2.26. The molecule has 1 unspecified atom stereocenters. The minimum atomic E-state index is -3.86. The van der Waals surface area contributed by atoms with E-state index in [0.29, 0.717) is 6.42 Å². The Morgan fingerprint density at radius 2 is 1.52 bits per heavy atom. The first-order valence-corrected chi connectivity index (χ1v) is 9.60. The fourth-order valence-electron chi connectivity index (χ4n) is 2.25. The van der Waals surface area contributed by atoms with E-state index in [2.05, 4.69) is 0 Å². The van der Waals surface area contributed by atoms with E-state index in [1.165, 1.54) is 0 Å². The van der Waals surface area contributed by atoms with Gasteiger partial charge in [0.1, 0.15) is 6.61 Å². The van der Waals surface area contributed by atoms with E-state index in [0.717, 1.165) is 22.4 Å². The number of hydroxylamine groups is 2. The van der Waals surface area contributed by atoms with Gasteiger partial charge in [0.05, 0.1) is 12.3 Å². The number of carbonyl (C=O) groups excluding carboxylic acids is 1. The maximum absolute atomic E-state index is 12.3. The van der Waals surface area contributed by atoms with Crippen molar-refractivity contribution in [3.05, 3.63) is 71.8 Å². The van der Waals surface area contributed by atoms with Crippen LogP contribution in [0.1, 0.15) is 18.1 Å². The zero-order valence-electron chi connectivity index (χ0n) is 14.2. The summed E-state index contributed by atoms with van der Waals surface area (Å²) in [6, 6.07) is 18.0. The molecule has 2 aromatic rings. The lowest BCUT2D eigenvalue weighted by molar-refractivity contribution is -0.0699. The van der Waals surface area contributed by atoms with Crippen LogP contribution >= 0.6 is 0 Å². The molecule has 1 atom stereocenters. The minimum absolute atomic E-state index is 0.0291. The summed E-state index contributed by atoms with van der Waals surface area (Å²) in [4.78, 5) is 12.3. The molecule has 134 valence electrons. The van der Waals surface area contributed by atoms with Crippen LogP contribution < -0.4 is 0 Å². The van der Waals surface area contributed by atoms with Crippen LogP contribution in [0, 0.1) is 0 Å². The summed E-state index contributed by atoms with van der Waals surface area (Å²) in [6.07, 6.45) is 0.467. The highest BCUT2D eigenvalue weighted by atomic mass is 32.2. The molecule has 0 saturated heterocycles. The molecule has 0 bridgehead atoms. The van der Waals surface area contributed by atoms with Crippen LogP contribution in [0.25, 0.3) is 0 Å². The van der Waals surface area contributed by atoms with Crippen LogP contribution in [0.5, 0.6) is 0 Å². The topological polar surface area (TPSA) is 72.9 Å². The molecular formula is C18H21NO5S. The summed E-state index contributed by atoms with van der Waals surface area (Å²) < 4.78 is 33.1. The zero-order valence-corrected chi connectivity index (χ0v) is 15.0. The lowest BCUT2D eigenvalue weighted by Crippen LogP contribution is -2.41. The van der Waals surface area contributed by atoms with E-state index >= 15 is 0 Å². The number of nitrogens with zero attached hydrogens (tertiary/aromatic N) is 1. The molecule has 0 fully saturated rings. The Balaban J connectivity index is 2.07. The summed E-state index contributed by atoms with van der Waals surface area (Å²) in [7, 11) is -3.86. The van der Waals surface area contributed by atoms with Crippen molar-refractivity contribution in [1.82, 2.24) is 5.06 Å². The average molecular weight is 363 g/mol. The average Bonchev–Trinajstić information content (AvgIpc) is 2.58. The van der Waals surface area contributed by atoms with E-state index in [1.54, 1.807) is 6.92 Å². The predicted molar refractivity (Wildman–Crippen MR) is 94.0 cm³/mol. The standard InChI is InChI=1S/C18H21NO5S/c1-15(13-16-9-5-3-6-10-16)19(24-25(2,21)22)18(20)23-14-17-11-7-4-8-12-17/h3-12,15H,13-14H2,1-2H3. The molecule has 0 aliphatic rings. The van der Waals surface area contributed by atoms with E-state index in [-0.39, 0.29) is 6.61 Å². The Labute approximate surface area is 148 Å². The van der Waals surface area contributed by atoms with Crippen molar-refractivity contribution in [3.63, 3.8) is 0 Å². The zero-order chi connectivity index (χ0) is 18.3. The number of ether oxygens (including phenoxy) is 1. The Hall–Kier alpha value is -2.38.